The Bertz CT molecular complexity index is 697. The van der Waals surface area contributed by atoms with Crippen LogP contribution in [0.1, 0.15) is 64.0 Å². The standard InChI is InChI=1S/C25H35N/c1-4-21-9-11-22(12-10-21)6-5-15-26-25-14-13-24(25,18-25)17-23-8-7-19(2)20(3)16-23/h7-12,16,19-20,26H,4-6,13-15,17-18H2,1-3H3. The van der Waals surface area contributed by atoms with Crippen molar-refractivity contribution in [3.8, 4) is 0 Å². The Labute approximate surface area is 160 Å². The van der Waals surface area contributed by atoms with E-state index in [0.29, 0.717) is 22.8 Å². The monoisotopic (exact) mass is 349 g/mol. The summed E-state index contributed by atoms with van der Waals surface area (Å²) in [5.41, 5.74) is 5.59. The highest BCUT2D eigenvalue weighted by atomic mass is 15.1. The highest BCUT2D eigenvalue weighted by molar-refractivity contribution is 5.36. The molecule has 2 fully saturated rings. The molecule has 3 aliphatic rings. The largest absolute Gasteiger partial charge is 0.311 e. The Balaban J connectivity index is 1.24. The molecule has 0 aromatic heterocycles. The average molecular weight is 350 g/mol. The van der Waals surface area contributed by atoms with Crippen LogP contribution in [0.4, 0.5) is 0 Å². The fourth-order valence-corrected chi connectivity index (χ4v) is 5.22. The summed E-state index contributed by atoms with van der Waals surface area (Å²) >= 11 is 0. The summed E-state index contributed by atoms with van der Waals surface area (Å²) in [4.78, 5) is 0. The summed E-state index contributed by atoms with van der Waals surface area (Å²) in [6.07, 6.45) is 16.4. The van der Waals surface area contributed by atoms with Gasteiger partial charge in [-0.3, -0.25) is 0 Å². The first-order valence-corrected chi connectivity index (χ1v) is 10.8. The molecule has 1 aromatic rings. The molecule has 1 heteroatoms. The lowest BCUT2D eigenvalue weighted by Gasteiger charge is -2.37. The Hall–Kier alpha value is -1.34. The molecule has 0 spiro atoms. The molecule has 140 valence electrons. The van der Waals surface area contributed by atoms with Gasteiger partial charge in [0.1, 0.15) is 0 Å². The maximum absolute atomic E-state index is 3.96. The summed E-state index contributed by atoms with van der Waals surface area (Å²) in [7, 11) is 0. The van der Waals surface area contributed by atoms with Crippen LogP contribution >= 0.6 is 0 Å². The number of fused-ring (bicyclic) bond motifs is 1. The van der Waals surface area contributed by atoms with Gasteiger partial charge in [0.15, 0.2) is 0 Å². The van der Waals surface area contributed by atoms with Crippen LogP contribution in [-0.2, 0) is 12.8 Å². The Morgan fingerprint density at radius 3 is 2.46 bits per heavy atom. The van der Waals surface area contributed by atoms with E-state index in [1.807, 2.05) is 0 Å². The van der Waals surface area contributed by atoms with Gasteiger partial charge in [-0.05, 0) is 79.9 Å². The van der Waals surface area contributed by atoms with Gasteiger partial charge in [0.25, 0.3) is 0 Å². The third-order valence-corrected chi connectivity index (χ3v) is 7.56. The molecular formula is C25H35N. The molecule has 0 bridgehead atoms. The lowest BCUT2D eigenvalue weighted by Crippen LogP contribution is -2.45. The predicted molar refractivity (Wildman–Crippen MR) is 111 cm³/mol. The van der Waals surface area contributed by atoms with Crippen molar-refractivity contribution in [3.63, 3.8) is 0 Å². The van der Waals surface area contributed by atoms with E-state index in [-0.39, 0.29) is 0 Å². The summed E-state index contributed by atoms with van der Waals surface area (Å²) in [5.74, 6) is 1.40. The number of hydrogen-bond donors (Lipinski definition) is 1. The van der Waals surface area contributed by atoms with Gasteiger partial charge in [-0.15, -0.1) is 0 Å². The molecule has 4 atom stereocenters. The van der Waals surface area contributed by atoms with Crippen LogP contribution in [0.2, 0.25) is 0 Å². The maximum Gasteiger partial charge on any atom is 0.0247 e. The summed E-state index contributed by atoms with van der Waals surface area (Å²) < 4.78 is 0. The van der Waals surface area contributed by atoms with Crippen LogP contribution in [0, 0.1) is 17.3 Å². The highest BCUT2D eigenvalue weighted by Gasteiger charge is 2.72. The van der Waals surface area contributed by atoms with Gasteiger partial charge in [0.05, 0.1) is 0 Å². The van der Waals surface area contributed by atoms with Gasteiger partial charge in [-0.2, -0.15) is 0 Å². The minimum atomic E-state index is 0.486. The molecule has 1 aromatic carbocycles. The summed E-state index contributed by atoms with van der Waals surface area (Å²) in [6.45, 7) is 8.08. The van der Waals surface area contributed by atoms with E-state index >= 15 is 0 Å². The van der Waals surface area contributed by atoms with Crippen LogP contribution < -0.4 is 5.32 Å². The van der Waals surface area contributed by atoms with Crippen molar-refractivity contribution in [1.29, 1.82) is 0 Å². The van der Waals surface area contributed by atoms with Gasteiger partial charge < -0.3 is 5.32 Å². The second kappa shape index (κ2) is 7.00. The molecule has 1 N–H and O–H groups in total. The zero-order chi connectivity index (χ0) is 18.2. The average Bonchev–Trinajstić information content (AvgIpc) is 3.10. The zero-order valence-corrected chi connectivity index (χ0v) is 16.9. The fourth-order valence-electron chi connectivity index (χ4n) is 5.22. The van der Waals surface area contributed by atoms with Gasteiger partial charge in [0, 0.05) is 5.54 Å². The van der Waals surface area contributed by atoms with Crippen molar-refractivity contribution in [2.75, 3.05) is 6.54 Å². The quantitative estimate of drug-likeness (QED) is 0.580. The van der Waals surface area contributed by atoms with Crippen molar-refractivity contribution in [1.82, 2.24) is 5.32 Å². The van der Waals surface area contributed by atoms with Gasteiger partial charge in [-0.1, -0.05) is 68.8 Å². The van der Waals surface area contributed by atoms with E-state index in [1.165, 1.54) is 56.2 Å². The first-order valence-electron chi connectivity index (χ1n) is 10.8. The molecule has 0 radical (unpaired) electrons. The Kier molecular flexibility index (Phi) is 4.86. The molecule has 2 saturated carbocycles. The van der Waals surface area contributed by atoms with Crippen LogP contribution in [0.25, 0.3) is 0 Å². The van der Waals surface area contributed by atoms with Crippen molar-refractivity contribution in [2.24, 2.45) is 17.3 Å². The third kappa shape index (κ3) is 3.31. The van der Waals surface area contributed by atoms with Crippen LogP contribution in [0.15, 0.2) is 48.1 Å². The van der Waals surface area contributed by atoms with Crippen LogP contribution in [0.3, 0.4) is 0 Å². The lowest BCUT2D eigenvalue weighted by molar-refractivity contribution is 0.208. The van der Waals surface area contributed by atoms with E-state index < -0.39 is 0 Å². The molecule has 0 aliphatic heterocycles. The van der Waals surface area contributed by atoms with Crippen molar-refractivity contribution in [2.45, 2.75) is 71.3 Å². The number of allylic oxidation sites excluding steroid dienone is 4. The van der Waals surface area contributed by atoms with Crippen LogP contribution in [0.5, 0.6) is 0 Å². The molecule has 0 saturated heterocycles. The van der Waals surface area contributed by atoms with Crippen LogP contribution in [-0.4, -0.2) is 12.1 Å². The van der Waals surface area contributed by atoms with Crippen molar-refractivity contribution < 1.29 is 0 Å². The zero-order valence-electron chi connectivity index (χ0n) is 16.9. The minimum Gasteiger partial charge on any atom is -0.311 e. The van der Waals surface area contributed by atoms with Crippen molar-refractivity contribution >= 4 is 0 Å². The molecule has 4 rings (SSSR count). The second-order valence-corrected chi connectivity index (χ2v) is 9.24. The maximum atomic E-state index is 3.96. The Morgan fingerprint density at radius 2 is 1.81 bits per heavy atom. The van der Waals surface area contributed by atoms with E-state index in [0.717, 1.165) is 6.42 Å². The van der Waals surface area contributed by atoms with Gasteiger partial charge >= 0.3 is 0 Å². The summed E-state index contributed by atoms with van der Waals surface area (Å²) in [5, 5.41) is 3.96. The van der Waals surface area contributed by atoms with E-state index in [1.54, 1.807) is 5.57 Å². The Morgan fingerprint density at radius 1 is 1.04 bits per heavy atom. The summed E-state index contributed by atoms with van der Waals surface area (Å²) in [6, 6.07) is 9.19. The highest BCUT2D eigenvalue weighted by Crippen LogP contribution is 2.73. The topological polar surface area (TPSA) is 12.0 Å². The minimum absolute atomic E-state index is 0.486. The third-order valence-electron chi connectivity index (χ3n) is 7.56. The fraction of sp³-hybridized carbons (Fsp3) is 0.600. The molecule has 0 heterocycles. The molecule has 1 nitrogen and oxygen atoms in total. The molecule has 3 aliphatic carbocycles. The number of hydrogen-bond acceptors (Lipinski definition) is 1. The number of rotatable bonds is 8. The normalized spacial score (nSPS) is 34.8. The number of benzene rings is 1. The number of aryl methyl sites for hydroxylation is 2. The van der Waals surface area contributed by atoms with Crippen molar-refractivity contribution in [3.05, 3.63) is 59.2 Å². The van der Waals surface area contributed by atoms with Gasteiger partial charge in [0.2, 0.25) is 0 Å². The smallest absolute Gasteiger partial charge is 0.0247 e. The predicted octanol–water partition coefficient (Wildman–Crippen LogP) is 5.85. The molecular weight excluding hydrogens is 314 g/mol. The first-order chi connectivity index (χ1) is 12.6. The van der Waals surface area contributed by atoms with E-state index in [4.69, 9.17) is 0 Å². The molecule has 4 unspecified atom stereocenters. The number of nitrogens with one attached hydrogen (secondary N) is 1. The SMILES string of the molecule is CCc1ccc(CCCNC23CCC2(CC2=CC(C)C(C)C=C2)C3)cc1. The van der Waals surface area contributed by atoms with E-state index in [9.17, 15) is 0 Å². The van der Waals surface area contributed by atoms with E-state index in [2.05, 4.69) is 68.6 Å². The first kappa shape index (κ1) is 18.0. The molecule has 26 heavy (non-hydrogen) atoms. The lowest BCUT2D eigenvalue weighted by atomic mass is 9.74. The molecule has 0 amide bonds. The second-order valence-electron chi connectivity index (χ2n) is 9.24. The van der Waals surface area contributed by atoms with Gasteiger partial charge in [-0.25, -0.2) is 0 Å².